The average Bonchev–Trinajstić information content (AvgIpc) is 2.26. The fourth-order valence-electron chi connectivity index (χ4n) is 1.88. The van der Waals surface area contributed by atoms with Crippen LogP contribution in [0.5, 0.6) is 17.2 Å². The summed E-state index contributed by atoms with van der Waals surface area (Å²) in [5, 5.41) is 3.35. The van der Waals surface area contributed by atoms with Gasteiger partial charge in [0, 0.05) is 17.7 Å². The maximum atomic E-state index is 5.37. The Labute approximate surface area is 95.5 Å². The molecule has 1 N–H and O–H groups in total. The molecule has 1 saturated heterocycles. The Balaban J connectivity index is 2.41. The Morgan fingerprint density at radius 3 is 2.00 bits per heavy atom. The third-order valence-electron chi connectivity index (χ3n) is 2.94. The third kappa shape index (κ3) is 1.80. The zero-order chi connectivity index (χ0) is 11.5. The average molecular weight is 223 g/mol. The van der Waals surface area contributed by atoms with Gasteiger partial charge in [-0.25, -0.2) is 0 Å². The molecule has 1 aliphatic rings. The molecule has 4 nitrogen and oxygen atoms in total. The Kier molecular flexibility index (Phi) is 3.19. The van der Waals surface area contributed by atoms with Crippen LogP contribution in [0.1, 0.15) is 18.0 Å². The quantitative estimate of drug-likeness (QED) is 0.844. The van der Waals surface area contributed by atoms with Gasteiger partial charge >= 0.3 is 0 Å². The van der Waals surface area contributed by atoms with E-state index < -0.39 is 0 Å². The van der Waals surface area contributed by atoms with Crippen LogP contribution in [-0.4, -0.2) is 27.9 Å². The van der Waals surface area contributed by atoms with Gasteiger partial charge in [0.15, 0.2) is 11.5 Å². The van der Waals surface area contributed by atoms with E-state index in [1.165, 1.54) is 0 Å². The number of ether oxygens (including phenoxy) is 3. The second-order valence-corrected chi connectivity index (χ2v) is 3.74. The molecule has 88 valence electrons. The standard InChI is InChI=1S/C12H17NO3/c1-14-10-7-12(16-3)11(15-2)6-8(10)9-4-5-13-9/h6-7,9,13H,4-5H2,1-3H3. The largest absolute Gasteiger partial charge is 0.496 e. The molecule has 1 aromatic rings. The van der Waals surface area contributed by atoms with Crippen LogP contribution in [0.2, 0.25) is 0 Å². The summed E-state index contributed by atoms with van der Waals surface area (Å²) in [5.41, 5.74) is 1.13. The van der Waals surface area contributed by atoms with Gasteiger partial charge in [-0.05, 0) is 19.0 Å². The lowest BCUT2D eigenvalue weighted by Gasteiger charge is -2.29. The molecule has 2 rings (SSSR count). The van der Waals surface area contributed by atoms with E-state index in [1.54, 1.807) is 21.3 Å². The van der Waals surface area contributed by atoms with Gasteiger partial charge in [-0.2, -0.15) is 0 Å². The molecule has 1 heterocycles. The molecule has 1 atom stereocenters. The van der Waals surface area contributed by atoms with Crippen molar-refractivity contribution in [2.75, 3.05) is 27.9 Å². The summed E-state index contributed by atoms with van der Waals surface area (Å²) in [5.74, 6) is 2.28. The van der Waals surface area contributed by atoms with E-state index in [4.69, 9.17) is 14.2 Å². The Bertz CT molecular complexity index is 375. The van der Waals surface area contributed by atoms with Crippen molar-refractivity contribution >= 4 is 0 Å². The number of benzene rings is 1. The highest BCUT2D eigenvalue weighted by molar-refractivity contribution is 5.52. The van der Waals surface area contributed by atoms with Gasteiger partial charge in [0.2, 0.25) is 0 Å². The zero-order valence-electron chi connectivity index (χ0n) is 9.87. The van der Waals surface area contributed by atoms with Crippen LogP contribution >= 0.6 is 0 Å². The van der Waals surface area contributed by atoms with Gasteiger partial charge in [-0.3, -0.25) is 0 Å². The van der Waals surface area contributed by atoms with Gasteiger partial charge in [-0.15, -0.1) is 0 Å². The summed E-state index contributed by atoms with van der Waals surface area (Å²) < 4.78 is 15.9. The number of hydrogen-bond acceptors (Lipinski definition) is 4. The highest BCUT2D eigenvalue weighted by Gasteiger charge is 2.24. The fourth-order valence-corrected chi connectivity index (χ4v) is 1.88. The predicted molar refractivity (Wildman–Crippen MR) is 61.5 cm³/mol. The molecule has 4 heteroatoms. The maximum Gasteiger partial charge on any atom is 0.164 e. The number of rotatable bonds is 4. The predicted octanol–water partition coefficient (Wildman–Crippen LogP) is 1.75. The molecule has 0 amide bonds. The molecule has 0 radical (unpaired) electrons. The summed E-state index contributed by atoms with van der Waals surface area (Å²) in [6.07, 6.45) is 1.13. The van der Waals surface area contributed by atoms with Crippen LogP contribution in [-0.2, 0) is 0 Å². The molecule has 0 aromatic heterocycles. The van der Waals surface area contributed by atoms with E-state index in [-0.39, 0.29) is 0 Å². The third-order valence-corrected chi connectivity index (χ3v) is 2.94. The minimum Gasteiger partial charge on any atom is -0.496 e. The lowest BCUT2D eigenvalue weighted by Crippen LogP contribution is -2.35. The minimum atomic E-state index is 0.370. The maximum absolute atomic E-state index is 5.37. The first-order valence-corrected chi connectivity index (χ1v) is 5.33. The van der Waals surface area contributed by atoms with Crippen molar-refractivity contribution in [3.05, 3.63) is 17.7 Å². The molecular formula is C12H17NO3. The molecule has 1 aromatic carbocycles. The van der Waals surface area contributed by atoms with Crippen LogP contribution in [0.15, 0.2) is 12.1 Å². The van der Waals surface area contributed by atoms with Crippen molar-refractivity contribution in [3.8, 4) is 17.2 Å². The fraction of sp³-hybridized carbons (Fsp3) is 0.500. The molecule has 1 fully saturated rings. The highest BCUT2D eigenvalue weighted by Crippen LogP contribution is 2.39. The lowest BCUT2D eigenvalue weighted by atomic mass is 9.96. The normalized spacial score (nSPS) is 18.8. The summed E-state index contributed by atoms with van der Waals surface area (Å²) in [7, 11) is 4.93. The van der Waals surface area contributed by atoms with E-state index in [1.807, 2.05) is 12.1 Å². The van der Waals surface area contributed by atoms with Gasteiger partial charge in [0.25, 0.3) is 0 Å². The van der Waals surface area contributed by atoms with Crippen LogP contribution in [0.4, 0.5) is 0 Å². The van der Waals surface area contributed by atoms with Gasteiger partial charge < -0.3 is 19.5 Å². The molecule has 0 bridgehead atoms. The Hall–Kier alpha value is -1.42. The molecule has 1 aliphatic heterocycles. The van der Waals surface area contributed by atoms with E-state index in [9.17, 15) is 0 Å². The number of nitrogens with one attached hydrogen (secondary N) is 1. The van der Waals surface area contributed by atoms with Gasteiger partial charge in [0.05, 0.1) is 21.3 Å². The zero-order valence-corrected chi connectivity index (χ0v) is 9.87. The molecule has 0 aliphatic carbocycles. The Morgan fingerprint density at radius 1 is 1.00 bits per heavy atom. The van der Waals surface area contributed by atoms with E-state index in [0.29, 0.717) is 11.8 Å². The van der Waals surface area contributed by atoms with Crippen molar-refractivity contribution in [3.63, 3.8) is 0 Å². The first-order chi connectivity index (χ1) is 7.80. The lowest BCUT2D eigenvalue weighted by molar-refractivity contribution is 0.332. The SMILES string of the molecule is COc1cc(OC)c(C2CCN2)cc1OC. The minimum absolute atomic E-state index is 0.370. The first-order valence-electron chi connectivity index (χ1n) is 5.33. The van der Waals surface area contributed by atoms with Crippen LogP contribution < -0.4 is 19.5 Å². The van der Waals surface area contributed by atoms with E-state index in [0.717, 1.165) is 30.0 Å². The summed E-state index contributed by atoms with van der Waals surface area (Å²) in [4.78, 5) is 0. The summed E-state index contributed by atoms with van der Waals surface area (Å²) >= 11 is 0. The summed E-state index contributed by atoms with van der Waals surface area (Å²) in [6, 6.07) is 4.22. The van der Waals surface area contributed by atoms with Crippen molar-refractivity contribution in [2.45, 2.75) is 12.5 Å². The topological polar surface area (TPSA) is 39.7 Å². The molecule has 16 heavy (non-hydrogen) atoms. The highest BCUT2D eigenvalue weighted by atomic mass is 16.5. The smallest absolute Gasteiger partial charge is 0.164 e. The molecule has 0 saturated carbocycles. The van der Waals surface area contributed by atoms with Gasteiger partial charge in [-0.1, -0.05) is 0 Å². The molecule has 1 unspecified atom stereocenters. The molecular weight excluding hydrogens is 206 g/mol. The van der Waals surface area contributed by atoms with Crippen molar-refractivity contribution in [1.82, 2.24) is 5.32 Å². The van der Waals surface area contributed by atoms with Crippen LogP contribution in [0.25, 0.3) is 0 Å². The van der Waals surface area contributed by atoms with Crippen molar-refractivity contribution in [1.29, 1.82) is 0 Å². The second kappa shape index (κ2) is 4.61. The van der Waals surface area contributed by atoms with Crippen molar-refractivity contribution in [2.24, 2.45) is 0 Å². The van der Waals surface area contributed by atoms with Crippen molar-refractivity contribution < 1.29 is 14.2 Å². The monoisotopic (exact) mass is 223 g/mol. The summed E-state index contributed by atoms with van der Waals surface area (Å²) in [6.45, 7) is 1.06. The van der Waals surface area contributed by atoms with Crippen LogP contribution in [0.3, 0.4) is 0 Å². The van der Waals surface area contributed by atoms with E-state index in [2.05, 4.69) is 5.32 Å². The number of hydrogen-bond donors (Lipinski definition) is 1. The number of methoxy groups -OCH3 is 3. The second-order valence-electron chi connectivity index (χ2n) is 3.74. The van der Waals surface area contributed by atoms with Crippen LogP contribution in [0, 0.1) is 0 Å². The molecule has 0 spiro atoms. The van der Waals surface area contributed by atoms with Gasteiger partial charge in [0.1, 0.15) is 5.75 Å². The Morgan fingerprint density at radius 2 is 1.56 bits per heavy atom. The first kappa shape index (κ1) is 11.1. The van der Waals surface area contributed by atoms with E-state index >= 15 is 0 Å².